The minimum absolute atomic E-state index is 0.0638. The van der Waals surface area contributed by atoms with Gasteiger partial charge in [0.1, 0.15) is 12.4 Å². The molecule has 17 heavy (non-hydrogen) atoms. The highest BCUT2D eigenvalue weighted by Gasteiger charge is 2.10. The van der Waals surface area contributed by atoms with Crippen molar-refractivity contribution < 1.29 is 9.84 Å². The lowest BCUT2D eigenvalue weighted by atomic mass is 10.1. The van der Waals surface area contributed by atoms with Crippen molar-refractivity contribution in [3.8, 4) is 0 Å². The molecule has 1 aromatic heterocycles. The van der Waals surface area contributed by atoms with Crippen LogP contribution in [0.5, 0.6) is 0 Å². The molecule has 0 saturated carbocycles. The smallest absolute Gasteiger partial charge is 0.158 e. The Balaban J connectivity index is 2.53. The van der Waals surface area contributed by atoms with Crippen LogP contribution in [0.3, 0.4) is 0 Å². The van der Waals surface area contributed by atoms with E-state index < -0.39 is 0 Å². The topological polar surface area (TPSA) is 60.2 Å². The molecule has 0 aliphatic carbocycles. The summed E-state index contributed by atoms with van der Waals surface area (Å²) >= 11 is 0. The first-order chi connectivity index (χ1) is 8.33. The predicted molar refractivity (Wildman–Crippen MR) is 65.7 cm³/mol. The number of aliphatic hydroxyl groups is 1. The van der Waals surface area contributed by atoms with Crippen molar-refractivity contribution in [1.29, 1.82) is 0 Å². The van der Waals surface area contributed by atoms with Crippen molar-refractivity contribution in [2.45, 2.75) is 52.2 Å². The first kappa shape index (κ1) is 14.1. The maximum Gasteiger partial charge on any atom is 0.158 e. The summed E-state index contributed by atoms with van der Waals surface area (Å²) in [6, 6.07) is 0. The molecule has 0 aliphatic rings. The van der Waals surface area contributed by atoms with Crippen LogP contribution >= 0.6 is 0 Å². The van der Waals surface area contributed by atoms with Gasteiger partial charge in [0.25, 0.3) is 0 Å². The van der Waals surface area contributed by atoms with Crippen molar-refractivity contribution in [1.82, 2.24) is 14.8 Å². The molecule has 1 rings (SSSR count). The quantitative estimate of drug-likeness (QED) is 0.666. The predicted octanol–water partition coefficient (Wildman–Crippen LogP) is 1.54. The molecule has 0 amide bonds. The molecular formula is C12H23N3O2. The number of aliphatic hydroxyl groups excluding tert-OH is 1. The summed E-state index contributed by atoms with van der Waals surface area (Å²) in [5.41, 5.74) is 0. The minimum Gasteiger partial charge on any atom is -0.388 e. The molecule has 0 fully saturated rings. The number of rotatable bonds is 9. The molecule has 0 bridgehead atoms. The van der Waals surface area contributed by atoms with E-state index in [2.05, 4.69) is 17.1 Å². The van der Waals surface area contributed by atoms with E-state index in [-0.39, 0.29) is 6.61 Å². The number of hydrogen-bond donors (Lipinski definition) is 1. The Labute approximate surface area is 103 Å². The molecule has 1 N–H and O–H groups in total. The fourth-order valence-electron chi connectivity index (χ4n) is 1.82. The van der Waals surface area contributed by atoms with E-state index in [4.69, 9.17) is 4.74 Å². The van der Waals surface area contributed by atoms with Gasteiger partial charge in [-0.1, -0.05) is 26.2 Å². The largest absolute Gasteiger partial charge is 0.388 e. The van der Waals surface area contributed by atoms with E-state index in [0.29, 0.717) is 19.0 Å². The molecule has 0 unspecified atom stereocenters. The molecule has 0 radical (unpaired) electrons. The average Bonchev–Trinajstić information content (AvgIpc) is 2.74. The Morgan fingerprint density at radius 1 is 1.18 bits per heavy atom. The normalized spacial score (nSPS) is 11.0. The van der Waals surface area contributed by atoms with Crippen molar-refractivity contribution in [2.75, 3.05) is 13.7 Å². The van der Waals surface area contributed by atoms with Crippen LogP contribution in [-0.2, 0) is 24.3 Å². The Morgan fingerprint density at radius 2 is 1.94 bits per heavy atom. The standard InChI is InChI=1S/C12H23N3O2/c1-3-4-5-6-7-11-13-14-12(10-16)15(11)8-9-17-2/h16H,3-10H2,1-2H3. The number of ether oxygens (including phenoxy) is 1. The first-order valence-corrected chi connectivity index (χ1v) is 6.34. The second-order valence-electron chi connectivity index (χ2n) is 4.15. The lowest BCUT2D eigenvalue weighted by Crippen LogP contribution is -2.12. The second-order valence-corrected chi connectivity index (χ2v) is 4.15. The molecule has 0 aromatic carbocycles. The van der Waals surface area contributed by atoms with Crippen molar-refractivity contribution in [2.24, 2.45) is 0 Å². The van der Waals surface area contributed by atoms with E-state index in [1.165, 1.54) is 19.3 Å². The first-order valence-electron chi connectivity index (χ1n) is 6.34. The maximum absolute atomic E-state index is 9.18. The average molecular weight is 241 g/mol. The van der Waals surface area contributed by atoms with Crippen molar-refractivity contribution in [3.05, 3.63) is 11.6 Å². The fraction of sp³-hybridized carbons (Fsp3) is 0.833. The summed E-state index contributed by atoms with van der Waals surface area (Å²) in [5.74, 6) is 1.59. The monoisotopic (exact) mass is 241 g/mol. The maximum atomic E-state index is 9.18. The van der Waals surface area contributed by atoms with Gasteiger partial charge in [0.2, 0.25) is 0 Å². The molecule has 0 atom stereocenters. The summed E-state index contributed by atoms with van der Waals surface area (Å²) in [5, 5.41) is 17.3. The van der Waals surface area contributed by atoms with Gasteiger partial charge in [0.05, 0.1) is 6.61 Å². The third-order valence-corrected chi connectivity index (χ3v) is 2.82. The Hall–Kier alpha value is -0.940. The van der Waals surface area contributed by atoms with Crippen molar-refractivity contribution >= 4 is 0 Å². The number of nitrogens with zero attached hydrogens (tertiary/aromatic N) is 3. The van der Waals surface area contributed by atoms with Gasteiger partial charge >= 0.3 is 0 Å². The van der Waals surface area contributed by atoms with Crippen molar-refractivity contribution in [3.63, 3.8) is 0 Å². The Bertz CT molecular complexity index is 313. The van der Waals surface area contributed by atoms with Crippen LogP contribution in [0.4, 0.5) is 0 Å². The van der Waals surface area contributed by atoms with Crippen LogP contribution in [0.2, 0.25) is 0 Å². The Morgan fingerprint density at radius 3 is 2.59 bits per heavy atom. The van der Waals surface area contributed by atoms with Crippen LogP contribution < -0.4 is 0 Å². The number of aromatic nitrogens is 3. The van der Waals surface area contributed by atoms with E-state index in [1.807, 2.05) is 4.57 Å². The number of methoxy groups -OCH3 is 1. The van der Waals surface area contributed by atoms with Crippen LogP contribution in [0.25, 0.3) is 0 Å². The highest BCUT2D eigenvalue weighted by Crippen LogP contribution is 2.08. The zero-order chi connectivity index (χ0) is 12.5. The van der Waals surface area contributed by atoms with Crippen LogP contribution in [0, 0.1) is 0 Å². The third kappa shape index (κ3) is 4.44. The van der Waals surface area contributed by atoms with Gasteiger partial charge in [-0.15, -0.1) is 10.2 Å². The summed E-state index contributed by atoms with van der Waals surface area (Å²) in [6.45, 7) is 3.46. The summed E-state index contributed by atoms with van der Waals surface area (Å²) < 4.78 is 7.02. The van der Waals surface area contributed by atoms with Gasteiger partial charge in [0, 0.05) is 20.1 Å². The lowest BCUT2D eigenvalue weighted by molar-refractivity contribution is 0.181. The zero-order valence-electron chi connectivity index (χ0n) is 10.9. The zero-order valence-corrected chi connectivity index (χ0v) is 10.9. The van der Waals surface area contributed by atoms with Gasteiger partial charge in [-0.05, 0) is 6.42 Å². The molecule has 0 saturated heterocycles. The molecule has 1 heterocycles. The molecule has 98 valence electrons. The van der Waals surface area contributed by atoms with Gasteiger partial charge in [-0.25, -0.2) is 0 Å². The van der Waals surface area contributed by atoms with Gasteiger partial charge in [-0.3, -0.25) is 0 Å². The van der Waals surface area contributed by atoms with E-state index in [0.717, 1.165) is 18.7 Å². The van der Waals surface area contributed by atoms with E-state index in [9.17, 15) is 5.11 Å². The molecular weight excluding hydrogens is 218 g/mol. The fourth-order valence-corrected chi connectivity index (χ4v) is 1.82. The lowest BCUT2D eigenvalue weighted by Gasteiger charge is -2.08. The van der Waals surface area contributed by atoms with E-state index >= 15 is 0 Å². The summed E-state index contributed by atoms with van der Waals surface area (Å²) in [6.07, 6.45) is 5.78. The van der Waals surface area contributed by atoms with E-state index in [1.54, 1.807) is 7.11 Å². The summed E-state index contributed by atoms with van der Waals surface area (Å²) in [7, 11) is 1.67. The molecule has 5 heteroatoms. The number of unbranched alkanes of at least 4 members (excludes halogenated alkanes) is 3. The highest BCUT2D eigenvalue weighted by molar-refractivity contribution is 4.95. The highest BCUT2D eigenvalue weighted by atomic mass is 16.5. The van der Waals surface area contributed by atoms with Crippen LogP contribution in [0.1, 0.15) is 44.3 Å². The van der Waals surface area contributed by atoms with Gasteiger partial charge < -0.3 is 14.4 Å². The third-order valence-electron chi connectivity index (χ3n) is 2.82. The number of hydrogen-bond acceptors (Lipinski definition) is 4. The van der Waals surface area contributed by atoms with Crippen LogP contribution in [0.15, 0.2) is 0 Å². The SMILES string of the molecule is CCCCCCc1nnc(CO)n1CCOC. The molecule has 0 spiro atoms. The van der Waals surface area contributed by atoms with Gasteiger partial charge in [-0.2, -0.15) is 0 Å². The molecule has 1 aromatic rings. The number of aryl methyl sites for hydroxylation is 1. The Kier molecular flexibility index (Phi) is 6.81. The molecule has 5 nitrogen and oxygen atoms in total. The second kappa shape index (κ2) is 8.20. The molecule has 0 aliphatic heterocycles. The summed E-state index contributed by atoms with van der Waals surface area (Å²) in [4.78, 5) is 0. The van der Waals surface area contributed by atoms with Crippen LogP contribution in [-0.4, -0.2) is 33.6 Å². The van der Waals surface area contributed by atoms with Gasteiger partial charge in [0.15, 0.2) is 5.82 Å². The minimum atomic E-state index is -0.0638.